The van der Waals surface area contributed by atoms with E-state index < -0.39 is 17.0 Å². The molecule has 0 N–H and O–H groups in total. The molecule has 1 saturated heterocycles. The Morgan fingerprint density at radius 1 is 1.03 bits per heavy atom. The number of para-hydroxylation sites is 2. The molecule has 0 spiro atoms. The van der Waals surface area contributed by atoms with Gasteiger partial charge in [-0.15, -0.1) is 0 Å². The summed E-state index contributed by atoms with van der Waals surface area (Å²) in [6.45, 7) is -0.0523. The number of methoxy groups -OCH3 is 1. The van der Waals surface area contributed by atoms with E-state index in [1.807, 2.05) is 0 Å². The molecule has 1 aliphatic heterocycles. The van der Waals surface area contributed by atoms with E-state index in [-0.39, 0.29) is 27.3 Å². The van der Waals surface area contributed by atoms with Crippen LogP contribution in [-0.4, -0.2) is 18.3 Å². The first-order valence-electron chi connectivity index (χ1n) is 9.65. The third kappa shape index (κ3) is 4.85. The van der Waals surface area contributed by atoms with E-state index in [0.717, 1.165) is 16.7 Å². The number of ether oxygens (including phenoxy) is 2. The summed E-state index contributed by atoms with van der Waals surface area (Å²) >= 11 is 13.5. The Kier molecular flexibility index (Phi) is 6.93. The lowest BCUT2D eigenvalue weighted by atomic mass is 10.2. The molecule has 0 bridgehead atoms. The van der Waals surface area contributed by atoms with Gasteiger partial charge in [-0.2, -0.15) is 0 Å². The van der Waals surface area contributed by atoms with E-state index in [4.69, 9.17) is 32.7 Å². The summed E-state index contributed by atoms with van der Waals surface area (Å²) < 4.78 is 24.7. The second-order valence-electron chi connectivity index (χ2n) is 6.88. The zero-order valence-corrected chi connectivity index (χ0v) is 19.5. The van der Waals surface area contributed by atoms with Gasteiger partial charge in [-0.3, -0.25) is 9.59 Å². The maximum atomic E-state index is 13.8. The highest BCUT2D eigenvalue weighted by molar-refractivity contribution is 8.19. The summed E-state index contributed by atoms with van der Waals surface area (Å²) in [6, 6.07) is 16.1. The first-order chi connectivity index (χ1) is 15.9. The number of hydrogen-bond acceptors (Lipinski definition) is 5. The summed E-state index contributed by atoms with van der Waals surface area (Å²) in [6.07, 6.45) is 1.53. The van der Waals surface area contributed by atoms with Crippen molar-refractivity contribution in [2.24, 2.45) is 0 Å². The average Bonchev–Trinajstić information content (AvgIpc) is 3.06. The molecular weight excluding hydrogens is 488 g/mol. The molecule has 4 rings (SSSR count). The minimum atomic E-state index is -0.485. The largest absolute Gasteiger partial charge is 0.495 e. The lowest BCUT2D eigenvalue weighted by molar-refractivity contribution is -0.113. The van der Waals surface area contributed by atoms with Crippen molar-refractivity contribution in [2.45, 2.75) is 6.61 Å². The second-order valence-corrected chi connectivity index (χ2v) is 8.69. The molecule has 0 atom stereocenters. The van der Waals surface area contributed by atoms with Gasteiger partial charge in [0.2, 0.25) is 0 Å². The fraction of sp³-hybridized carbons (Fsp3) is 0.0833. The monoisotopic (exact) mass is 503 g/mol. The molecule has 0 saturated carbocycles. The quantitative estimate of drug-likeness (QED) is 0.340. The van der Waals surface area contributed by atoms with Crippen molar-refractivity contribution in [1.82, 2.24) is 0 Å². The molecule has 3 aromatic carbocycles. The lowest BCUT2D eigenvalue weighted by Gasteiger charge is -2.15. The molecule has 0 radical (unpaired) electrons. The van der Waals surface area contributed by atoms with Crippen molar-refractivity contribution < 1.29 is 23.5 Å². The number of carbonyl (C=O) groups is 2. The molecule has 33 heavy (non-hydrogen) atoms. The van der Waals surface area contributed by atoms with Gasteiger partial charge in [-0.25, -0.2) is 9.29 Å². The Morgan fingerprint density at radius 3 is 2.39 bits per heavy atom. The first kappa shape index (κ1) is 23.2. The third-order valence-electron chi connectivity index (χ3n) is 4.77. The van der Waals surface area contributed by atoms with Crippen molar-refractivity contribution >= 4 is 57.9 Å². The highest BCUT2D eigenvalue weighted by Gasteiger charge is 2.37. The van der Waals surface area contributed by atoms with Crippen LogP contribution >= 0.6 is 35.0 Å². The molecule has 1 fully saturated rings. The molecule has 1 heterocycles. The summed E-state index contributed by atoms with van der Waals surface area (Å²) in [5, 5.41) is -0.0686. The van der Waals surface area contributed by atoms with Gasteiger partial charge in [-0.05, 0) is 53.7 Å². The second kappa shape index (κ2) is 9.87. The van der Waals surface area contributed by atoms with E-state index in [1.165, 1.54) is 19.3 Å². The van der Waals surface area contributed by atoms with Gasteiger partial charge >= 0.3 is 0 Å². The first-order valence-corrected chi connectivity index (χ1v) is 11.2. The molecule has 5 nitrogen and oxygen atoms in total. The lowest BCUT2D eigenvalue weighted by Crippen LogP contribution is -2.28. The van der Waals surface area contributed by atoms with Crippen LogP contribution in [0.1, 0.15) is 11.1 Å². The molecule has 0 aliphatic carbocycles. The zero-order valence-electron chi connectivity index (χ0n) is 17.2. The molecule has 9 heteroatoms. The van der Waals surface area contributed by atoms with Crippen molar-refractivity contribution in [3.8, 4) is 11.5 Å². The van der Waals surface area contributed by atoms with Gasteiger partial charge < -0.3 is 9.47 Å². The van der Waals surface area contributed by atoms with Crippen LogP contribution in [0.25, 0.3) is 6.08 Å². The van der Waals surface area contributed by atoms with E-state index in [9.17, 15) is 14.0 Å². The fourth-order valence-electron chi connectivity index (χ4n) is 3.21. The Balaban J connectivity index is 1.57. The van der Waals surface area contributed by atoms with Gasteiger partial charge in [0.15, 0.2) is 5.75 Å². The third-order valence-corrected chi connectivity index (χ3v) is 6.20. The van der Waals surface area contributed by atoms with E-state index >= 15 is 0 Å². The minimum absolute atomic E-state index is 0.0523. The van der Waals surface area contributed by atoms with Crippen molar-refractivity contribution in [1.29, 1.82) is 0 Å². The van der Waals surface area contributed by atoms with Crippen molar-refractivity contribution in [3.05, 3.63) is 92.6 Å². The summed E-state index contributed by atoms with van der Waals surface area (Å²) in [4.78, 5) is 26.8. The van der Waals surface area contributed by atoms with Crippen LogP contribution in [0.15, 0.2) is 65.6 Å². The Hall–Kier alpha value is -3.00. The van der Waals surface area contributed by atoms with E-state index in [0.29, 0.717) is 22.6 Å². The van der Waals surface area contributed by atoms with E-state index in [1.54, 1.807) is 54.6 Å². The highest BCUT2D eigenvalue weighted by atomic mass is 35.5. The number of imide groups is 1. The Bertz CT molecular complexity index is 1260. The normalized spacial score (nSPS) is 14.8. The number of thioether (sulfide) groups is 1. The zero-order chi connectivity index (χ0) is 23.5. The number of amides is 2. The number of nitrogens with zero attached hydrogens (tertiary/aromatic N) is 1. The van der Waals surface area contributed by atoms with Crippen LogP contribution in [0, 0.1) is 5.82 Å². The molecule has 3 aromatic rings. The minimum Gasteiger partial charge on any atom is -0.495 e. The Labute approximate surface area is 203 Å². The molecule has 168 valence electrons. The summed E-state index contributed by atoms with van der Waals surface area (Å²) in [7, 11) is 1.47. The number of anilines is 1. The molecule has 0 aromatic heterocycles. The average molecular weight is 504 g/mol. The number of halogens is 3. The number of carbonyl (C=O) groups excluding carboxylic acids is 2. The van der Waals surface area contributed by atoms with Crippen molar-refractivity contribution in [2.75, 3.05) is 12.0 Å². The summed E-state index contributed by atoms with van der Waals surface area (Å²) in [5.74, 6) is -0.280. The van der Waals surface area contributed by atoms with Gasteiger partial charge in [0.25, 0.3) is 11.1 Å². The highest BCUT2D eigenvalue weighted by Crippen LogP contribution is 2.41. The van der Waals surface area contributed by atoms with Crippen LogP contribution in [0.2, 0.25) is 10.0 Å². The van der Waals surface area contributed by atoms with Gasteiger partial charge in [0.05, 0.1) is 27.7 Å². The van der Waals surface area contributed by atoms with Crippen LogP contribution in [0.3, 0.4) is 0 Å². The topological polar surface area (TPSA) is 55.8 Å². The number of hydrogen-bond donors (Lipinski definition) is 0. The van der Waals surface area contributed by atoms with Crippen LogP contribution in [0.5, 0.6) is 11.5 Å². The number of rotatable bonds is 6. The molecule has 0 unspecified atom stereocenters. The van der Waals surface area contributed by atoms with E-state index in [2.05, 4.69) is 0 Å². The number of benzene rings is 3. The fourth-order valence-corrected chi connectivity index (χ4v) is 4.65. The van der Waals surface area contributed by atoms with Gasteiger partial charge in [0.1, 0.15) is 18.2 Å². The van der Waals surface area contributed by atoms with Crippen molar-refractivity contribution in [3.63, 3.8) is 0 Å². The maximum absolute atomic E-state index is 13.8. The molecule has 2 amide bonds. The standard InChI is InChI=1S/C24H16Cl2FNO4S/c1-31-20-9-5-4-8-19(20)28-23(29)21(33-24(28)30)12-14-10-16(25)22(17(26)11-14)32-13-15-6-2-3-7-18(15)27/h2-12H,13H2,1H3/b21-12-. The maximum Gasteiger partial charge on any atom is 0.298 e. The smallest absolute Gasteiger partial charge is 0.298 e. The predicted octanol–water partition coefficient (Wildman–Crippen LogP) is 6.96. The molecule has 1 aliphatic rings. The summed E-state index contributed by atoms with van der Waals surface area (Å²) in [5.41, 5.74) is 1.23. The van der Waals surface area contributed by atoms with Gasteiger partial charge in [0, 0.05) is 5.56 Å². The van der Waals surface area contributed by atoms with Crippen LogP contribution < -0.4 is 14.4 Å². The Morgan fingerprint density at radius 2 is 1.70 bits per heavy atom. The predicted molar refractivity (Wildman–Crippen MR) is 129 cm³/mol. The van der Waals surface area contributed by atoms with Crippen LogP contribution in [0.4, 0.5) is 14.9 Å². The SMILES string of the molecule is COc1ccccc1N1C(=O)S/C(=C\c2cc(Cl)c(OCc3ccccc3F)c(Cl)c2)C1=O. The van der Waals surface area contributed by atoms with Gasteiger partial charge in [-0.1, -0.05) is 53.5 Å². The molecular formula is C24H16Cl2FNO4S. The van der Waals surface area contributed by atoms with Crippen LogP contribution in [-0.2, 0) is 11.4 Å².